The largest absolute Gasteiger partial charge is 0.493 e. The van der Waals surface area contributed by atoms with Crippen molar-refractivity contribution in [2.24, 2.45) is 0 Å². The van der Waals surface area contributed by atoms with Crippen LogP contribution in [0.1, 0.15) is 25.5 Å². The first kappa shape index (κ1) is 21.7. The predicted molar refractivity (Wildman–Crippen MR) is 114 cm³/mol. The SMILES string of the molecule is COc1ccc(-c2cnoc2NC(=O)C(OC(C)C)c2ccc(Cl)cc2)cc1OC. The first-order chi connectivity index (χ1) is 14.4. The number of hydrogen-bond acceptors (Lipinski definition) is 6. The summed E-state index contributed by atoms with van der Waals surface area (Å²) in [5, 5.41) is 7.19. The van der Waals surface area contributed by atoms with E-state index in [1.807, 2.05) is 19.9 Å². The molecule has 0 aliphatic carbocycles. The molecule has 0 radical (unpaired) electrons. The standard InChI is InChI=1S/C22H23ClN2O5/c1-13(2)29-20(14-5-8-16(23)9-6-14)21(26)25-22-17(12-24-30-22)15-7-10-18(27-3)19(11-15)28-4/h5-13,20H,1-4H3,(H,25,26). The van der Waals surface area contributed by atoms with Gasteiger partial charge in [0.1, 0.15) is 0 Å². The molecule has 0 spiro atoms. The van der Waals surface area contributed by atoms with Crippen molar-refractivity contribution in [2.45, 2.75) is 26.1 Å². The number of halogens is 1. The molecule has 2 aromatic carbocycles. The summed E-state index contributed by atoms with van der Waals surface area (Å²) in [4.78, 5) is 13.0. The van der Waals surface area contributed by atoms with Crippen molar-refractivity contribution >= 4 is 23.4 Å². The highest BCUT2D eigenvalue weighted by molar-refractivity contribution is 6.30. The molecule has 30 heavy (non-hydrogen) atoms. The van der Waals surface area contributed by atoms with Crippen LogP contribution in [-0.4, -0.2) is 31.4 Å². The molecule has 3 aromatic rings. The number of methoxy groups -OCH3 is 2. The van der Waals surface area contributed by atoms with Crippen LogP contribution in [0, 0.1) is 0 Å². The third kappa shape index (κ3) is 4.93. The number of rotatable bonds is 8. The molecule has 0 saturated carbocycles. The van der Waals surface area contributed by atoms with Crippen LogP contribution in [-0.2, 0) is 9.53 Å². The minimum Gasteiger partial charge on any atom is -0.493 e. The quantitative estimate of drug-likeness (QED) is 0.534. The van der Waals surface area contributed by atoms with Crippen molar-refractivity contribution in [3.05, 3.63) is 59.2 Å². The molecule has 1 heterocycles. The Morgan fingerprint density at radius 3 is 2.40 bits per heavy atom. The van der Waals surface area contributed by atoms with Crippen LogP contribution in [0.5, 0.6) is 11.5 Å². The molecule has 0 fully saturated rings. The highest BCUT2D eigenvalue weighted by Gasteiger charge is 2.25. The van der Waals surface area contributed by atoms with Gasteiger partial charge in [0.15, 0.2) is 17.6 Å². The summed E-state index contributed by atoms with van der Waals surface area (Å²) < 4.78 is 21.8. The summed E-state index contributed by atoms with van der Waals surface area (Å²) in [6.07, 6.45) is 0.513. The zero-order valence-corrected chi connectivity index (χ0v) is 17.9. The molecule has 1 amide bonds. The lowest BCUT2D eigenvalue weighted by Gasteiger charge is -2.20. The van der Waals surface area contributed by atoms with E-state index in [1.54, 1.807) is 50.6 Å². The number of carbonyl (C=O) groups is 1. The molecule has 1 aromatic heterocycles. The van der Waals surface area contributed by atoms with Crippen molar-refractivity contribution in [1.29, 1.82) is 0 Å². The number of nitrogens with zero attached hydrogens (tertiary/aromatic N) is 1. The molecule has 0 aliphatic heterocycles. The summed E-state index contributed by atoms with van der Waals surface area (Å²) in [6, 6.07) is 12.3. The van der Waals surface area contributed by atoms with Crippen LogP contribution in [0.4, 0.5) is 5.88 Å². The van der Waals surface area contributed by atoms with E-state index in [2.05, 4.69) is 10.5 Å². The van der Waals surface area contributed by atoms with Crippen LogP contribution in [0.15, 0.2) is 53.2 Å². The third-order valence-corrected chi connectivity index (χ3v) is 4.57. The van der Waals surface area contributed by atoms with Crippen LogP contribution in [0.3, 0.4) is 0 Å². The van der Waals surface area contributed by atoms with E-state index in [0.29, 0.717) is 27.6 Å². The molecule has 0 saturated heterocycles. The van der Waals surface area contributed by atoms with Gasteiger partial charge < -0.3 is 18.7 Å². The van der Waals surface area contributed by atoms with E-state index in [1.165, 1.54) is 6.20 Å². The van der Waals surface area contributed by atoms with E-state index in [0.717, 1.165) is 5.56 Å². The summed E-state index contributed by atoms with van der Waals surface area (Å²) in [5.74, 6) is 0.968. The maximum Gasteiger partial charge on any atom is 0.260 e. The van der Waals surface area contributed by atoms with Crippen molar-refractivity contribution in [1.82, 2.24) is 5.16 Å². The van der Waals surface area contributed by atoms with Gasteiger partial charge in [0.2, 0.25) is 5.88 Å². The van der Waals surface area contributed by atoms with Gasteiger partial charge in [-0.15, -0.1) is 0 Å². The van der Waals surface area contributed by atoms with Gasteiger partial charge in [-0.25, -0.2) is 0 Å². The summed E-state index contributed by atoms with van der Waals surface area (Å²) in [5.41, 5.74) is 2.03. The molecule has 8 heteroatoms. The van der Waals surface area contributed by atoms with Crippen molar-refractivity contribution in [2.75, 3.05) is 19.5 Å². The average Bonchev–Trinajstić information content (AvgIpc) is 3.20. The number of nitrogens with one attached hydrogen (secondary N) is 1. The van der Waals surface area contributed by atoms with E-state index in [9.17, 15) is 4.79 Å². The van der Waals surface area contributed by atoms with Crippen LogP contribution in [0.25, 0.3) is 11.1 Å². The topological polar surface area (TPSA) is 82.8 Å². The Morgan fingerprint density at radius 2 is 1.77 bits per heavy atom. The predicted octanol–water partition coefficient (Wildman–Crippen LogP) is 5.12. The van der Waals surface area contributed by atoms with Crippen LogP contribution >= 0.6 is 11.6 Å². The van der Waals surface area contributed by atoms with Crippen LogP contribution in [0.2, 0.25) is 5.02 Å². The summed E-state index contributed by atoms with van der Waals surface area (Å²) >= 11 is 5.97. The first-order valence-corrected chi connectivity index (χ1v) is 9.69. The van der Waals surface area contributed by atoms with Gasteiger partial charge in [-0.2, -0.15) is 0 Å². The van der Waals surface area contributed by atoms with Gasteiger partial charge in [-0.3, -0.25) is 10.1 Å². The van der Waals surface area contributed by atoms with Gasteiger partial charge in [0.05, 0.1) is 32.1 Å². The Morgan fingerprint density at radius 1 is 1.07 bits per heavy atom. The zero-order valence-electron chi connectivity index (χ0n) is 17.1. The van der Waals surface area contributed by atoms with E-state index >= 15 is 0 Å². The summed E-state index contributed by atoms with van der Waals surface area (Å²) in [6.45, 7) is 3.72. The van der Waals surface area contributed by atoms with E-state index < -0.39 is 6.10 Å². The van der Waals surface area contributed by atoms with Gasteiger partial charge in [-0.05, 0) is 49.2 Å². The van der Waals surface area contributed by atoms with E-state index in [-0.39, 0.29) is 17.9 Å². The molecular formula is C22H23ClN2O5. The Kier molecular flexibility index (Phi) is 6.97. The van der Waals surface area contributed by atoms with Gasteiger partial charge >= 0.3 is 0 Å². The Hall–Kier alpha value is -3.03. The monoisotopic (exact) mass is 430 g/mol. The number of aromatic nitrogens is 1. The Balaban J connectivity index is 1.88. The molecular weight excluding hydrogens is 408 g/mol. The smallest absolute Gasteiger partial charge is 0.260 e. The molecule has 1 N–H and O–H groups in total. The van der Waals surface area contributed by atoms with Gasteiger partial charge in [0.25, 0.3) is 5.91 Å². The zero-order chi connectivity index (χ0) is 21.7. The minimum atomic E-state index is -0.842. The Labute approximate surface area is 179 Å². The second-order valence-electron chi connectivity index (χ2n) is 6.74. The maximum atomic E-state index is 13.0. The highest BCUT2D eigenvalue weighted by Crippen LogP contribution is 2.36. The molecule has 3 rings (SSSR count). The molecule has 158 valence electrons. The molecule has 0 bridgehead atoms. The van der Waals surface area contributed by atoms with Crippen molar-refractivity contribution in [3.8, 4) is 22.6 Å². The Bertz CT molecular complexity index is 1000. The number of amides is 1. The first-order valence-electron chi connectivity index (χ1n) is 9.31. The van der Waals surface area contributed by atoms with Gasteiger partial charge in [0, 0.05) is 5.02 Å². The maximum absolute atomic E-state index is 13.0. The lowest BCUT2D eigenvalue weighted by molar-refractivity contribution is -0.130. The molecule has 7 nitrogen and oxygen atoms in total. The highest BCUT2D eigenvalue weighted by atomic mass is 35.5. The van der Waals surface area contributed by atoms with E-state index in [4.69, 9.17) is 30.3 Å². The molecule has 1 unspecified atom stereocenters. The van der Waals surface area contributed by atoms with Crippen LogP contribution < -0.4 is 14.8 Å². The lowest BCUT2D eigenvalue weighted by Crippen LogP contribution is -2.25. The number of carbonyl (C=O) groups excluding carboxylic acids is 1. The normalized spacial score (nSPS) is 11.9. The number of hydrogen-bond donors (Lipinski definition) is 1. The fourth-order valence-corrected chi connectivity index (χ4v) is 3.04. The fourth-order valence-electron chi connectivity index (χ4n) is 2.92. The number of benzene rings is 2. The minimum absolute atomic E-state index is 0.170. The fraction of sp³-hybridized carbons (Fsp3) is 0.273. The average molecular weight is 431 g/mol. The number of ether oxygens (including phenoxy) is 3. The lowest BCUT2D eigenvalue weighted by atomic mass is 10.1. The second-order valence-corrected chi connectivity index (χ2v) is 7.18. The third-order valence-electron chi connectivity index (χ3n) is 4.32. The molecule has 1 atom stereocenters. The molecule has 0 aliphatic rings. The van der Waals surface area contributed by atoms with Gasteiger partial charge in [-0.1, -0.05) is 35.0 Å². The number of anilines is 1. The van der Waals surface area contributed by atoms with Crippen molar-refractivity contribution in [3.63, 3.8) is 0 Å². The van der Waals surface area contributed by atoms with Crippen molar-refractivity contribution < 1.29 is 23.5 Å². The second kappa shape index (κ2) is 9.65. The summed E-state index contributed by atoms with van der Waals surface area (Å²) in [7, 11) is 3.12.